The van der Waals surface area contributed by atoms with Crippen molar-refractivity contribution in [2.45, 2.75) is 43.7 Å². The summed E-state index contributed by atoms with van der Waals surface area (Å²) in [5.41, 5.74) is 1.39. The molecule has 5 rings (SSSR count). The molecular formula is C27H32N4O4S2. The van der Waals surface area contributed by atoms with E-state index in [9.17, 15) is 18.3 Å². The first-order valence-electron chi connectivity index (χ1n) is 12.6. The normalized spacial score (nSPS) is 19.5. The van der Waals surface area contributed by atoms with Crippen molar-refractivity contribution in [2.24, 2.45) is 0 Å². The van der Waals surface area contributed by atoms with Crippen molar-refractivity contribution in [1.82, 2.24) is 14.5 Å². The van der Waals surface area contributed by atoms with Crippen LogP contribution in [0.25, 0.3) is 15.9 Å². The fourth-order valence-corrected chi connectivity index (χ4v) is 6.59. The van der Waals surface area contributed by atoms with Crippen molar-refractivity contribution >= 4 is 37.1 Å². The number of sulfone groups is 1. The van der Waals surface area contributed by atoms with Crippen LogP contribution < -0.4 is 10.5 Å². The molecule has 1 N–H and O–H groups in total. The van der Waals surface area contributed by atoms with Crippen LogP contribution in [0.2, 0.25) is 0 Å². The zero-order valence-corrected chi connectivity index (χ0v) is 22.8. The number of fused-ring (bicyclic) bond motifs is 1. The standard InChI is InChI=1S/C27H32N4O4S2/c1-29(15-16-37(2,34)35)22-10-14-30(18-22)20-5-7-21(8-6-20)31-19-28-24-17-23(36-25(24)26(31)32)9-13-27(33)11-3-4-12-27/h5-8,17,19,22,33H,3-4,10-12,14-16,18H2,1-2H3/t22-/m1/s1. The molecule has 1 saturated carbocycles. The molecule has 1 aromatic carbocycles. The fraction of sp³-hybridized carbons (Fsp3) is 0.481. The Labute approximate surface area is 221 Å². The highest BCUT2D eigenvalue weighted by Gasteiger charge is 2.29. The predicted molar refractivity (Wildman–Crippen MR) is 148 cm³/mol. The minimum Gasteiger partial charge on any atom is -0.378 e. The molecule has 37 heavy (non-hydrogen) atoms. The number of benzene rings is 1. The summed E-state index contributed by atoms with van der Waals surface area (Å²) in [5, 5.41) is 10.5. The van der Waals surface area contributed by atoms with Crippen LogP contribution in [-0.2, 0) is 9.84 Å². The van der Waals surface area contributed by atoms with Gasteiger partial charge in [-0.25, -0.2) is 13.4 Å². The summed E-state index contributed by atoms with van der Waals surface area (Å²) in [5.74, 6) is 6.23. The van der Waals surface area contributed by atoms with Gasteiger partial charge in [-0.05, 0) is 69.5 Å². The number of rotatable bonds is 6. The van der Waals surface area contributed by atoms with Crippen molar-refractivity contribution in [3.05, 3.63) is 51.9 Å². The molecule has 1 atom stereocenters. The first-order valence-corrected chi connectivity index (χ1v) is 15.5. The van der Waals surface area contributed by atoms with Crippen molar-refractivity contribution < 1.29 is 13.5 Å². The molecule has 0 bridgehead atoms. The van der Waals surface area contributed by atoms with Crippen molar-refractivity contribution in [2.75, 3.05) is 43.6 Å². The highest BCUT2D eigenvalue weighted by atomic mass is 32.2. The highest BCUT2D eigenvalue weighted by Crippen LogP contribution is 2.29. The average Bonchev–Trinajstić information content (AvgIpc) is 3.61. The van der Waals surface area contributed by atoms with Gasteiger partial charge in [-0.3, -0.25) is 9.36 Å². The summed E-state index contributed by atoms with van der Waals surface area (Å²) < 4.78 is 25.1. The predicted octanol–water partition coefficient (Wildman–Crippen LogP) is 2.66. The van der Waals surface area contributed by atoms with Crippen molar-refractivity contribution in [1.29, 1.82) is 0 Å². The molecule has 1 aliphatic heterocycles. The Bertz CT molecular complexity index is 1510. The number of aromatic nitrogens is 2. The van der Waals surface area contributed by atoms with E-state index in [-0.39, 0.29) is 11.3 Å². The molecule has 2 aromatic heterocycles. The number of hydrogen-bond acceptors (Lipinski definition) is 8. The maximum atomic E-state index is 13.2. The van der Waals surface area contributed by atoms with Crippen LogP contribution in [0.3, 0.4) is 0 Å². The van der Waals surface area contributed by atoms with Crippen LogP contribution in [0.5, 0.6) is 0 Å². The summed E-state index contributed by atoms with van der Waals surface area (Å²) in [4.78, 5) is 22.9. The van der Waals surface area contributed by atoms with E-state index in [0.717, 1.165) is 48.6 Å². The zero-order valence-electron chi connectivity index (χ0n) is 21.2. The molecule has 8 nitrogen and oxygen atoms in total. The van der Waals surface area contributed by atoms with Gasteiger partial charge >= 0.3 is 0 Å². The summed E-state index contributed by atoms with van der Waals surface area (Å²) >= 11 is 1.32. The first kappa shape index (κ1) is 25.9. The smallest absolute Gasteiger partial charge is 0.275 e. The molecule has 0 spiro atoms. The fourth-order valence-electron chi connectivity index (χ4n) is 5.07. The quantitative estimate of drug-likeness (QED) is 0.481. The molecule has 2 aliphatic rings. The number of likely N-dealkylation sites (N-methyl/N-ethyl adjacent to an activating group) is 1. The summed E-state index contributed by atoms with van der Waals surface area (Å²) in [6.45, 7) is 2.27. The second kappa shape index (κ2) is 10.2. The zero-order chi connectivity index (χ0) is 26.2. The molecule has 10 heteroatoms. The van der Waals surface area contributed by atoms with E-state index < -0.39 is 15.4 Å². The van der Waals surface area contributed by atoms with E-state index >= 15 is 0 Å². The Balaban J connectivity index is 1.29. The highest BCUT2D eigenvalue weighted by molar-refractivity contribution is 7.90. The van der Waals surface area contributed by atoms with Crippen LogP contribution in [0.4, 0.5) is 5.69 Å². The third-order valence-corrected chi connectivity index (χ3v) is 9.33. The van der Waals surface area contributed by atoms with Gasteiger partial charge in [0.05, 0.1) is 21.8 Å². The van der Waals surface area contributed by atoms with Crippen LogP contribution in [0, 0.1) is 11.8 Å². The van der Waals surface area contributed by atoms with E-state index in [2.05, 4.69) is 26.6 Å². The maximum Gasteiger partial charge on any atom is 0.275 e. The average molecular weight is 541 g/mol. The summed E-state index contributed by atoms with van der Waals surface area (Å²) in [7, 11) is -0.993. The topological polar surface area (TPSA) is 95.7 Å². The maximum absolute atomic E-state index is 13.2. The molecule has 2 fully saturated rings. The Morgan fingerprint density at radius 3 is 2.62 bits per heavy atom. The van der Waals surface area contributed by atoms with Crippen LogP contribution >= 0.6 is 11.3 Å². The molecule has 0 radical (unpaired) electrons. The minimum atomic E-state index is -2.97. The molecule has 3 heterocycles. The third kappa shape index (κ3) is 5.91. The number of nitrogens with zero attached hydrogens (tertiary/aromatic N) is 4. The Morgan fingerprint density at radius 2 is 1.92 bits per heavy atom. The minimum absolute atomic E-state index is 0.135. The van der Waals surface area contributed by atoms with Gasteiger partial charge in [-0.2, -0.15) is 0 Å². The lowest BCUT2D eigenvalue weighted by Gasteiger charge is -2.25. The molecule has 3 aromatic rings. The second-order valence-corrected chi connectivity index (χ2v) is 13.6. The molecule has 196 valence electrons. The lowest BCUT2D eigenvalue weighted by molar-refractivity contribution is 0.110. The van der Waals surface area contributed by atoms with Gasteiger partial charge in [-0.15, -0.1) is 11.3 Å². The van der Waals surface area contributed by atoms with Crippen LogP contribution in [0.15, 0.2) is 41.5 Å². The van der Waals surface area contributed by atoms with E-state index in [1.165, 1.54) is 17.6 Å². The van der Waals surface area contributed by atoms with E-state index in [0.29, 0.717) is 35.6 Å². The van der Waals surface area contributed by atoms with Gasteiger partial charge in [0.25, 0.3) is 5.56 Å². The van der Waals surface area contributed by atoms with Crippen molar-refractivity contribution in [3.8, 4) is 17.5 Å². The Kier molecular flexibility index (Phi) is 7.16. The number of aliphatic hydroxyl groups is 1. The van der Waals surface area contributed by atoms with Crippen LogP contribution in [-0.4, -0.2) is 78.3 Å². The monoisotopic (exact) mass is 540 g/mol. The van der Waals surface area contributed by atoms with Gasteiger partial charge in [0.1, 0.15) is 26.5 Å². The van der Waals surface area contributed by atoms with Gasteiger partial charge in [-0.1, -0.05) is 11.8 Å². The lowest BCUT2D eigenvalue weighted by atomic mass is 10.0. The molecule has 1 saturated heterocycles. The first-order chi connectivity index (χ1) is 17.6. The molecule has 0 amide bonds. The number of anilines is 1. The number of hydrogen-bond donors (Lipinski definition) is 1. The van der Waals surface area contributed by atoms with Gasteiger partial charge in [0, 0.05) is 37.6 Å². The van der Waals surface area contributed by atoms with E-state index in [1.807, 2.05) is 37.4 Å². The number of thiophene rings is 1. The Morgan fingerprint density at radius 1 is 1.22 bits per heavy atom. The largest absolute Gasteiger partial charge is 0.378 e. The van der Waals surface area contributed by atoms with Gasteiger partial charge in [0.2, 0.25) is 0 Å². The summed E-state index contributed by atoms with van der Waals surface area (Å²) in [6, 6.07) is 10.00. The van der Waals surface area contributed by atoms with Gasteiger partial charge < -0.3 is 14.9 Å². The van der Waals surface area contributed by atoms with Crippen molar-refractivity contribution in [3.63, 3.8) is 0 Å². The second-order valence-electron chi connectivity index (χ2n) is 10.2. The lowest BCUT2D eigenvalue weighted by Crippen LogP contribution is -2.37. The van der Waals surface area contributed by atoms with Gasteiger partial charge in [0.15, 0.2) is 0 Å². The molecule has 1 aliphatic carbocycles. The Hall–Kier alpha value is -2.71. The van der Waals surface area contributed by atoms with E-state index in [1.54, 1.807) is 10.9 Å². The summed E-state index contributed by atoms with van der Waals surface area (Å²) in [6.07, 6.45) is 7.18. The van der Waals surface area contributed by atoms with E-state index in [4.69, 9.17) is 0 Å². The molecule has 0 unspecified atom stereocenters. The third-order valence-electron chi connectivity index (χ3n) is 7.38. The SMILES string of the molecule is CN(CCS(C)(=O)=O)[C@@H]1CCN(c2ccc(-n3cnc4cc(C#CC5(O)CCCC5)sc4c3=O)cc2)C1. The van der Waals surface area contributed by atoms with Crippen LogP contribution in [0.1, 0.15) is 37.0 Å². The molecular weight excluding hydrogens is 508 g/mol.